The van der Waals surface area contributed by atoms with Gasteiger partial charge in [0.15, 0.2) is 6.10 Å². The standard InChI is InChI=1S/C16H18F2N4O3S/c1-3-4-12(14(24)20-16-22-21-8(2)26-16)19-15(25)13(23)9-5-10(17)7-11(18)6-9/h5-7,12-13,23H,3-4H2,1-2H3,(H,19,25)(H,20,22,24)/t12-,13-/m0/s1. The number of carbonyl (C=O) groups excluding carboxylic acids is 2. The summed E-state index contributed by atoms with van der Waals surface area (Å²) < 4.78 is 26.5. The number of nitrogens with zero attached hydrogens (tertiary/aromatic N) is 2. The van der Waals surface area contributed by atoms with Crippen LogP contribution in [0.1, 0.15) is 36.4 Å². The Labute approximate surface area is 152 Å². The summed E-state index contributed by atoms with van der Waals surface area (Å²) >= 11 is 1.18. The molecule has 26 heavy (non-hydrogen) atoms. The fourth-order valence-electron chi connectivity index (χ4n) is 2.23. The van der Waals surface area contributed by atoms with Crippen molar-refractivity contribution < 1.29 is 23.5 Å². The maximum atomic E-state index is 13.2. The van der Waals surface area contributed by atoms with Crippen LogP contribution in [0.4, 0.5) is 13.9 Å². The second-order valence-electron chi connectivity index (χ2n) is 5.57. The second kappa shape index (κ2) is 8.77. The van der Waals surface area contributed by atoms with Crippen LogP contribution in [0.3, 0.4) is 0 Å². The maximum Gasteiger partial charge on any atom is 0.254 e. The number of aliphatic hydroxyl groups is 1. The van der Waals surface area contributed by atoms with E-state index in [1.165, 1.54) is 11.3 Å². The highest BCUT2D eigenvalue weighted by Gasteiger charge is 2.26. The first-order valence-corrected chi connectivity index (χ1v) is 8.67. The van der Waals surface area contributed by atoms with E-state index in [4.69, 9.17) is 0 Å². The van der Waals surface area contributed by atoms with Crippen LogP contribution in [0.15, 0.2) is 18.2 Å². The minimum atomic E-state index is -1.81. The van der Waals surface area contributed by atoms with Crippen molar-refractivity contribution in [1.29, 1.82) is 0 Å². The van der Waals surface area contributed by atoms with Crippen LogP contribution in [0, 0.1) is 18.6 Å². The molecule has 1 aromatic heterocycles. The molecule has 1 aromatic carbocycles. The summed E-state index contributed by atoms with van der Waals surface area (Å²) in [6.45, 7) is 3.55. The molecule has 2 atom stereocenters. The number of rotatable bonds is 7. The lowest BCUT2D eigenvalue weighted by Gasteiger charge is -2.19. The summed E-state index contributed by atoms with van der Waals surface area (Å²) in [7, 11) is 0. The van der Waals surface area contributed by atoms with E-state index < -0.39 is 35.6 Å². The van der Waals surface area contributed by atoms with E-state index >= 15 is 0 Å². The molecule has 0 aliphatic carbocycles. The zero-order valence-corrected chi connectivity index (χ0v) is 14.9. The molecule has 0 aliphatic heterocycles. The van der Waals surface area contributed by atoms with Gasteiger partial charge in [-0.05, 0) is 31.0 Å². The average Bonchev–Trinajstić information content (AvgIpc) is 2.97. The fraction of sp³-hybridized carbons (Fsp3) is 0.375. The Hall–Kier alpha value is -2.46. The van der Waals surface area contributed by atoms with Crippen molar-refractivity contribution in [2.24, 2.45) is 0 Å². The van der Waals surface area contributed by atoms with E-state index in [2.05, 4.69) is 20.8 Å². The molecule has 2 aromatic rings. The van der Waals surface area contributed by atoms with Crippen LogP contribution in [0.2, 0.25) is 0 Å². The molecular formula is C16H18F2N4O3S. The van der Waals surface area contributed by atoms with Crippen molar-refractivity contribution in [2.75, 3.05) is 5.32 Å². The van der Waals surface area contributed by atoms with Crippen LogP contribution in [-0.4, -0.2) is 33.2 Å². The van der Waals surface area contributed by atoms with Crippen molar-refractivity contribution in [3.05, 3.63) is 40.4 Å². The summed E-state index contributed by atoms with van der Waals surface area (Å²) in [6.07, 6.45) is -0.922. The lowest BCUT2D eigenvalue weighted by Crippen LogP contribution is -2.45. The van der Waals surface area contributed by atoms with Crippen LogP contribution >= 0.6 is 11.3 Å². The van der Waals surface area contributed by atoms with Crippen LogP contribution in [0.5, 0.6) is 0 Å². The smallest absolute Gasteiger partial charge is 0.254 e. The summed E-state index contributed by atoms with van der Waals surface area (Å²) in [6, 6.07) is 1.40. The summed E-state index contributed by atoms with van der Waals surface area (Å²) in [5, 5.41) is 23.5. The first-order valence-electron chi connectivity index (χ1n) is 7.85. The van der Waals surface area contributed by atoms with E-state index in [0.29, 0.717) is 23.9 Å². The monoisotopic (exact) mass is 384 g/mol. The minimum absolute atomic E-state index is 0.240. The molecule has 0 saturated carbocycles. The van der Waals surface area contributed by atoms with Crippen molar-refractivity contribution in [1.82, 2.24) is 15.5 Å². The SMILES string of the molecule is CCC[C@H](NC(=O)[C@@H](O)c1cc(F)cc(F)c1)C(=O)Nc1nnc(C)s1. The number of benzene rings is 1. The van der Waals surface area contributed by atoms with Gasteiger partial charge in [-0.15, -0.1) is 10.2 Å². The van der Waals surface area contributed by atoms with Gasteiger partial charge in [-0.2, -0.15) is 0 Å². The van der Waals surface area contributed by atoms with Crippen molar-refractivity contribution in [2.45, 2.75) is 38.8 Å². The number of hydrogen-bond donors (Lipinski definition) is 3. The van der Waals surface area contributed by atoms with E-state index in [1.807, 2.05) is 6.92 Å². The first kappa shape index (κ1) is 19.9. The van der Waals surface area contributed by atoms with Gasteiger partial charge >= 0.3 is 0 Å². The Morgan fingerprint density at radius 3 is 2.38 bits per heavy atom. The molecule has 3 N–H and O–H groups in total. The summed E-state index contributed by atoms with van der Waals surface area (Å²) in [5.74, 6) is -3.28. The zero-order chi connectivity index (χ0) is 19.3. The molecule has 0 bridgehead atoms. The molecule has 140 valence electrons. The Balaban J connectivity index is 2.07. The lowest BCUT2D eigenvalue weighted by molar-refractivity contribution is -0.133. The van der Waals surface area contributed by atoms with Gasteiger partial charge in [-0.1, -0.05) is 24.7 Å². The molecule has 0 unspecified atom stereocenters. The molecule has 0 spiro atoms. The van der Waals surface area contributed by atoms with Crippen molar-refractivity contribution >= 4 is 28.3 Å². The third-order valence-electron chi connectivity index (χ3n) is 3.42. The summed E-state index contributed by atoms with van der Waals surface area (Å²) in [5.41, 5.74) is -0.240. The molecule has 0 aliphatic rings. The number of aryl methyl sites for hydroxylation is 1. The number of anilines is 1. The van der Waals surface area contributed by atoms with Gasteiger partial charge in [0.2, 0.25) is 11.0 Å². The highest BCUT2D eigenvalue weighted by Crippen LogP contribution is 2.18. The van der Waals surface area contributed by atoms with E-state index in [-0.39, 0.29) is 10.7 Å². The van der Waals surface area contributed by atoms with Gasteiger partial charge in [0.05, 0.1) is 0 Å². The van der Waals surface area contributed by atoms with E-state index in [1.54, 1.807) is 6.92 Å². The Bertz CT molecular complexity index is 779. The fourth-order valence-corrected chi connectivity index (χ4v) is 2.83. The molecule has 0 saturated heterocycles. The highest BCUT2D eigenvalue weighted by molar-refractivity contribution is 7.15. The second-order valence-corrected chi connectivity index (χ2v) is 6.75. The predicted molar refractivity (Wildman–Crippen MR) is 91.4 cm³/mol. The first-order chi connectivity index (χ1) is 12.3. The number of hydrogen-bond acceptors (Lipinski definition) is 6. The number of aromatic nitrogens is 2. The maximum absolute atomic E-state index is 13.2. The van der Waals surface area contributed by atoms with Crippen LogP contribution in [0.25, 0.3) is 0 Å². The molecular weight excluding hydrogens is 366 g/mol. The quantitative estimate of drug-likeness (QED) is 0.678. The average molecular weight is 384 g/mol. The Kier molecular flexibility index (Phi) is 6.70. The third-order valence-corrected chi connectivity index (χ3v) is 4.17. The highest BCUT2D eigenvalue weighted by atomic mass is 32.1. The van der Waals surface area contributed by atoms with E-state index in [9.17, 15) is 23.5 Å². The molecule has 2 amide bonds. The summed E-state index contributed by atoms with van der Waals surface area (Å²) in [4.78, 5) is 24.5. The molecule has 0 radical (unpaired) electrons. The molecule has 10 heteroatoms. The number of halogens is 2. The number of nitrogens with one attached hydrogen (secondary N) is 2. The number of carbonyl (C=O) groups is 2. The minimum Gasteiger partial charge on any atom is -0.378 e. The van der Waals surface area contributed by atoms with Crippen LogP contribution in [-0.2, 0) is 9.59 Å². The van der Waals surface area contributed by atoms with Gasteiger partial charge in [0, 0.05) is 6.07 Å². The van der Waals surface area contributed by atoms with Gasteiger partial charge < -0.3 is 10.4 Å². The topological polar surface area (TPSA) is 104 Å². The Morgan fingerprint density at radius 2 is 1.85 bits per heavy atom. The molecule has 1 heterocycles. The van der Waals surface area contributed by atoms with Gasteiger partial charge in [0.1, 0.15) is 22.7 Å². The molecule has 0 fully saturated rings. The lowest BCUT2D eigenvalue weighted by atomic mass is 10.1. The zero-order valence-electron chi connectivity index (χ0n) is 14.1. The predicted octanol–water partition coefficient (Wildman–Crippen LogP) is 2.08. The third kappa shape index (κ3) is 5.27. The largest absolute Gasteiger partial charge is 0.378 e. The number of amides is 2. The van der Waals surface area contributed by atoms with Crippen LogP contribution < -0.4 is 10.6 Å². The van der Waals surface area contributed by atoms with Gasteiger partial charge in [-0.3, -0.25) is 14.9 Å². The van der Waals surface area contributed by atoms with Gasteiger partial charge in [-0.25, -0.2) is 8.78 Å². The normalized spacial score (nSPS) is 13.1. The molecule has 2 rings (SSSR count). The Morgan fingerprint density at radius 1 is 1.19 bits per heavy atom. The van der Waals surface area contributed by atoms with E-state index in [0.717, 1.165) is 12.1 Å². The number of aliphatic hydroxyl groups excluding tert-OH is 1. The van der Waals surface area contributed by atoms with Crippen molar-refractivity contribution in [3.63, 3.8) is 0 Å². The van der Waals surface area contributed by atoms with Crippen molar-refractivity contribution in [3.8, 4) is 0 Å². The van der Waals surface area contributed by atoms with Gasteiger partial charge in [0.25, 0.3) is 5.91 Å². The molecule has 7 nitrogen and oxygen atoms in total.